The van der Waals surface area contributed by atoms with Crippen LogP contribution >= 0.6 is 0 Å². The number of unbranched alkanes of at least 4 members (excludes halogenated alkanes) is 12. The number of nitrogens with one attached hydrogen (secondary N) is 4. The molecule has 16 nitrogen and oxygen atoms in total. The fraction of sp³-hybridized carbons (Fsp3) is 0.816. The molecule has 16 heteroatoms. The molecule has 0 saturated carbocycles. The van der Waals surface area contributed by atoms with E-state index >= 15 is 0 Å². The van der Waals surface area contributed by atoms with Crippen LogP contribution in [-0.2, 0) is 24.0 Å². The van der Waals surface area contributed by atoms with Gasteiger partial charge in [-0.15, -0.1) is 0 Å². The van der Waals surface area contributed by atoms with Gasteiger partial charge in [-0.25, -0.2) is 0 Å². The number of nitrogens with two attached hydrogens (primary N) is 4. The predicted octanol–water partition coefficient (Wildman–Crippen LogP) is 2.14. The lowest BCUT2D eigenvalue weighted by Gasteiger charge is -2.27. The second-order valence-electron chi connectivity index (χ2n) is 14.6. The maximum absolute atomic E-state index is 13.7. The van der Waals surface area contributed by atoms with Gasteiger partial charge in [0, 0.05) is 19.5 Å². The first-order valence-electron chi connectivity index (χ1n) is 20.1. The van der Waals surface area contributed by atoms with Gasteiger partial charge in [-0.2, -0.15) is 0 Å². The van der Waals surface area contributed by atoms with E-state index in [1.807, 2.05) is 13.8 Å². The van der Waals surface area contributed by atoms with Gasteiger partial charge in [-0.05, 0) is 51.4 Å². The first-order valence-corrected chi connectivity index (χ1v) is 20.1. The summed E-state index contributed by atoms with van der Waals surface area (Å²) in [7, 11) is 0. The molecule has 13 N–H and O–H groups in total. The number of Topliss-reactive ketones (excluding diaryl/α,β-unsaturated/α-hetero) is 1. The molecule has 0 aromatic rings. The lowest BCUT2D eigenvalue weighted by atomic mass is 10.0. The predicted molar refractivity (Wildman–Crippen MR) is 215 cm³/mol. The first-order chi connectivity index (χ1) is 25.7. The summed E-state index contributed by atoms with van der Waals surface area (Å²) in [6.45, 7) is 7.05. The molecule has 0 rings (SSSR count). The number of carbonyl (C=O) groups excluding carboxylic acids is 5. The molecule has 4 amide bonds. The van der Waals surface area contributed by atoms with Crippen molar-refractivity contribution < 1.29 is 29.1 Å². The molecule has 0 heterocycles. The Labute approximate surface area is 323 Å². The molecule has 0 aliphatic rings. The van der Waals surface area contributed by atoms with Crippen LogP contribution in [0, 0.1) is 5.92 Å². The van der Waals surface area contributed by atoms with Crippen LogP contribution in [0.4, 0.5) is 0 Å². The van der Waals surface area contributed by atoms with E-state index in [1.165, 1.54) is 64.7 Å². The highest BCUT2D eigenvalue weighted by atomic mass is 16.3. The van der Waals surface area contributed by atoms with E-state index in [0.717, 1.165) is 19.3 Å². The summed E-state index contributed by atoms with van der Waals surface area (Å²) in [5.41, 5.74) is 21.7. The zero-order valence-electron chi connectivity index (χ0n) is 33.6. The van der Waals surface area contributed by atoms with Crippen LogP contribution in [0.25, 0.3) is 0 Å². The summed E-state index contributed by atoms with van der Waals surface area (Å²) in [6, 6.07) is -4.27. The Bertz CT molecular complexity index is 1140. The van der Waals surface area contributed by atoms with Crippen LogP contribution in [0.1, 0.15) is 150 Å². The van der Waals surface area contributed by atoms with Crippen molar-refractivity contribution in [1.29, 1.82) is 0 Å². The number of amides is 4. The van der Waals surface area contributed by atoms with Gasteiger partial charge in [0.15, 0.2) is 17.7 Å². The van der Waals surface area contributed by atoms with Crippen LogP contribution in [0.2, 0.25) is 0 Å². The molecule has 0 aromatic carbocycles. The van der Waals surface area contributed by atoms with Crippen molar-refractivity contribution in [1.82, 2.24) is 21.3 Å². The highest BCUT2D eigenvalue weighted by Gasteiger charge is 2.31. The molecule has 0 spiro atoms. The van der Waals surface area contributed by atoms with Crippen molar-refractivity contribution in [2.24, 2.45) is 38.8 Å². The summed E-state index contributed by atoms with van der Waals surface area (Å²) in [6.07, 6.45) is 17.0. The van der Waals surface area contributed by atoms with E-state index in [2.05, 4.69) is 38.2 Å². The molecule has 0 aliphatic heterocycles. The van der Waals surface area contributed by atoms with Gasteiger partial charge in [-0.1, -0.05) is 97.8 Å². The molecule has 0 saturated heterocycles. The number of aliphatic hydroxyl groups excluding tert-OH is 1. The fourth-order valence-corrected chi connectivity index (χ4v) is 5.91. The maximum Gasteiger partial charge on any atom is 0.243 e. The topological polar surface area (TPSA) is 282 Å². The lowest BCUT2D eigenvalue weighted by molar-refractivity contribution is -0.135. The summed E-state index contributed by atoms with van der Waals surface area (Å²) < 4.78 is 0. The molecule has 312 valence electrons. The zero-order valence-corrected chi connectivity index (χ0v) is 33.6. The highest BCUT2D eigenvalue weighted by Crippen LogP contribution is 2.14. The van der Waals surface area contributed by atoms with E-state index < -0.39 is 54.3 Å². The standard InChI is InChI=1S/C38H74N10O6/c1-5-6-7-8-9-10-11-12-13-14-15-16-17-22-33(51)45-29(20-18-23-43-37(39)40)34(52)47-31(25-27(2)3)36(54)46-30(21-19-24-44-38(41)42)35(53)48-32(26-49)28(4)50/h27,29-32,49H,5-26H2,1-4H3,(H,45,51)(H,46,54)(H,47,52)(H,48,53)(H4,39,40,43)(H4,41,42,44)/t29-,30-,31-,32-/m0/s1. The molecule has 0 aliphatic carbocycles. The Balaban J connectivity index is 5.45. The average Bonchev–Trinajstić information content (AvgIpc) is 3.10. The summed E-state index contributed by atoms with van der Waals surface area (Å²) in [4.78, 5) is 73.3. The van der Waals surface area contributed by atoms with Crippen molar-refractivity contribution in [3.05, 3.63) is 0 Å². The molecular formula is C38H74N10O6. The third-order valence-electron chi connectivity index (χ3n) is 9.01. The number of carbonyl (C=O) groups is 5. The van der Waals surface area contributed by atoms with Crippen LogP contribution in [-0.4, -0.2) is 90.3 Å². The molecular weight excluding hydrogens is 692 g/mol. The van der Waals surface area contributed by atoms with Gasteiger partial charge in [0.25, 0.3) is 0 Å². The summed E-state index contributed by atoms with van der Waals surface area (Å²) in [5.74, 6) is -2.81. The Morgan fingerprint density at radius 2 is 0.944 bits per heavy atom. The number of hydrogen-bond donors (Lipinski definition) is 9. The minimum Gasteiger partial charge on any atom is -0.394 e. The number of aliphatic imine (C=N–C) groups is 2. The first kappa shape index (κ1) is 50.1. The number of aliphatic hydroxyl groups is 1. The molecule has 0 fully saturated rings. The normalized spacial score (nSPS) is 13.2. The third kappa shape index (κ3) is 26.8. The van der Waals surface area contributed by atoms with E-state index in [9.17, 15) is 29.1 Å². The highest BCUT2D eigenvalue weighted by molar-refractivity contribution is 5.95. The van der Waals surface area contributed by atoms with E-state index in [4.69, 9.17) is 22.9 Å². The van der Waals surface area contributed by atoms with Crippen LogP contribution in [0.5, 0.6) is 0 Å². The summed E-state index contributed by atoms with van der Waals surface area (Å²) in [5, 5.41) is 20.3. The van der Waals surface area contributed by atoms with Gasteiger partial charge in [0.05, 0.1) is 6.61 Å². The lowest BCUT2D eigenvalue weighted by Crippen LogP contribution is -2.58. The number of rotatable bonds is 33. The Morgan fingerprint density at radius 1 is 0.556 bits per heavy atom. The number of nitrogens with zero attached hydrogens (tertiary/aromatic N) is 2. The quantitative estimate of drug-likeness (QED) is 0.0267. The van der Waals surface area contributed by atoms with Crippen molar-refractivity contribution in [3.63, 3.8) is 0 Å². The van der Waals surface area contributed by atoms with Gasteiger partial charge >= 0.3 is 0 Å². The van der Waals surface area contributed by atoms with E-state index in [0.29, 0.717) is 19.3 Å². The van der Waals surface area contributed by atoms with Crippen molar-refractivity contribution in [2.45, 2.75) is 174 Å². The fourth-order valence-electron chi connectivity index (χ4n) is 5.91. The van der Waals surface area contributed by atoms with Gasteiger partial charge in [0.2, 0.25) is 23.6 Å². The van der Waals surface area contributed by atoms with Crippen LogP contribution < -0.4 is 44.2 Å². The molecule has 0 unspecified atom stereocenters. The zero-order chi connectivity index (χ0) is 40.7. The molecule has 54 heavy (non-hydrogen) atoms. The minimum atomic E-state index is -1.15. The third-order valence-corrected chi connectivity index (χ3v) is 9.01. The van der Waals surface area contributed by atoms with Gasteiger partial charge in [0.1, 0.15) is 24.2 Å². The largest absolute Gasteiger partial charge is 0.394 e. The summed E-state index contributed by atoms with van der Waals surface area (Å²) >= 11 is 0. The minimum absolute atomic E-state index is 0.0304. The van der Waals surface area contributed by atoms with Gasteiger partial charge in [-0.3, -0.25) is 34.0 Å². The second-order valence-corrected chi connectivity index (χ2v) is 14.6. The average molecular weight is 767 g/mol. The Kier molecular flexibility index (Phi) is 29.1. The Hall–Kier alpha value is -3.95. The molecule has 4 atom stereocenters. The van der Waals surface area contributed by atoms with Crippen molar-refractivity contribution in [3.8, 4) is 0 Å². The van der Waals surface area contributed by atoms with Crippen molar-refractivity contribution in [2.75, 3.05) is 19.7 Å². The SMILES string of the molecule is CCCCCCCCCCCCCCCC(=O)N[C@@H](CCCN=C(N)N)C(=O)N[C@@H](CC(C)C)C(=O)N[C@@H](CCCN=C(N)N)C(=O)N[C@@H](CO)C(C)=O. The second kappa shape index (κ2) is 31.4. The molecule has 0 radical (unpaired) electrons. The van der Waals surface area contributed by atoms with E-state index in [1.54, 1.807) is 0 Å². The molecule has 0 aromatic heterocycles. The smallest absolute Gasteiger partial charge is 0.243 e. The monoisotopic (exact) mass is 767 g/mol. The van der Waals surface area contributed by atoms with Crippen LogP contribution in [0.15, 0.2) is 9.98 Å². The van der Waals surface area contributed by atoms with Crippen molar-refractivity contribution >= 4 is 41.3 Å². The molecule has 0 bridgehead atoms. The number of ketones is 1. The maximum atomic E-state index is 13.7. The van der Waals surface area contributed by atoms with E-state index in [-0.39, 0.29) is 62.5 Å². The van der Waals surface area contributed by atoms with Gasteiger partial charge < -0.3 is 49.3 Å². The van der Waals surface area contributed by atoms with Crippen LogP contribution in [0.3, 0.4) is 0 Å². The number of hydrogen-bond acceptors (Lipinski definition) is 8. The number of guanidine groups is 2. The Morgan fingerprint density at radius 3 is 1.35 bits per heavy atom.